The van der Waals surface area contributed by atoms with Gasteiger partial charge in [-0.15, -0.1) is 0 Å². The van der Waals surface area contributed by atoms with E-state index in [1.165, 1.54) is 6.08 Å². The molecular weight excluding hydrogens is 228 g/mol. The average molecular weight is 248 g/mol. The van der Waals surface area contributed by atoms with Crippen LogP contribution in [0.25, 0.3) is 0 Å². The van der Waals surface area contributed by atoms with Gasteiger partial charge in [0.2, 0.25) is 0 Å². The van der Waals surface area contributed by atoms with Gasteiger partial charge in [0, 0.05) is 0 Å². The summed E-state index contributed by atoms with van der Waals surface area (Å²) in [7, 11) is 0. The monoisotopic (exact) mass is 248 g/mol. The number of hydrogen-bond donors (Lipinski definition) is 5. The lowest BCUT2D eigenvalue weighted by atomic mass is 9.83. The molecule has 5 atom stereocenters. The van der Waals surface area contributed by atoms with Crippen molar-refractivity contribution >= 4 is 0 Å². The van der Waals surface area contributed by atoms with Gasteiger partial charge in [-0.2, -0.15) is 0 Å². The zero-order valence-corrected chi connectivity index (χ0v) is 9.73. The third-order valence-corrected chi connectivity index (χ3v) is 2.91. The van der Waals surface area contributed by atoms with Gasteiger partial charge in [-0.3, -0.25) is 0 Å². The highest BCUT2D eigenvalue weighted by Gasteiger charge is 2.52. The van der Waals surface area contributed by atoms with Gasteiger partial charge in [0.15, 0.2) is 6.29 Å². The molecule has 1 aliphatic heterocycles. The van der Waals surface area contributed by atoms with Gasteiger partial charge in [0.1, 0.15) is 23.9 Å². The highest BCUT2D eigenvalue weighted by atomic mass is 16.6. The average Bonchev–Trinajstić information content (AvgIpc) is 2.32. The van der Waals surface area contributed by atoms with E-state index in [1.54, 1.807) is 6.08 Å². The van der Waals surface area contributed by atoms with Crippen LogP contribution in [-0.2, 0) is 4.74 Å². The van der Waals surface area contributed by atoms with Crippen molar-refractivity contribution in [2.45, 2.75) is 50.0 Å². The Morgan fingerprint density at radius 1 is 1.29 bits per heavy atom. The molecule has 17 heavy (non-hydrogen) atoms. The van der Waals surface area contributed by atoms with E-state index in [0.717, 1.165) is 6.42 Å². The lowest BCUT2D eigenvalue weighted by molar-refractivity contribution is -0.308. The van der Waals surface area contributed by atoms with Crippen LogP contribution in [0.5, 0.6) is 0 Å². The van der Waals surface area contributed by atoms with Gasteiger partial charge in [-0.25, -0.2) is 0 Å². The topological polar surface area (TPSA) is 110 Å². The molecule has 5 N–H and O–H groups in total. The molecule has 0 unspecified atom stereocenters. The Bertz CT molecular complexity index is 265. The van der Waals surface area contributed by atoms with Crippen LogP contribution in [-0.4, -0.2) is 62.3 Å². The van der Waals surface area contributed by atoms with E-state index >= 15 is 0 Å². The van der Waals surface area contributed by atoms with Gasteiger partial charge in [-0.05, 0) is 6.42 Å². The molecule has 1 rings (SSSR count). The van der Waals surface area contributed by atoms with Gasteiger partial charge < -0.3 is 30.3 Å². The van der Waals surface area contributed by atoms with Crippen molar-refractivity contribution in [3.63, 3.8) is 0 Å². The van der Waals surface area contributed by atoms with Crippen molar-refractivity contribution in [1.29, 1.82) is 0 Å². The summed E-state index contributed by atoms with van der Waals surface area (Å²) < 4.78 is 4.86. The molecule has 1 aliphatic rings. The van der Waals surface area contributed by atoms with Crippen molar-refractivity contribution in [3.8, 4) is 0 Å². The highest BCUT2D eigenvalue weighted by molar-refractivity contribution is 5.13. The molecule has 100 valence electrons. The molecule has 0 bridgehead atoms. The van der Waals surface area contributed by atoms with Gasteiger partial charge in [-0.1, -0.05) is 25.5 Å². The maximum atomic E-state index is 10.2. The Hall–Kier alpha value is -0.500. The normalized spacial score (nSPS) is 43.2. The number of allylic oxidation sites excluding steroid dienone is 1. The minimum Gasteiger partial charge on any atom is -0.394 e. The first kappa shape index (κ1) is 14.6. The van der Waals surface area contributed by atoms with Crippen LogP contribution in [0.2, 0.25) is 0 Å². The number of rotatable bonds is 4. The number of aliphatic hydroxyl groups is 5. The quantitative estimate of drug-likeness (QED) is 0.387. The van der Waals surface area contributed by atoms with Crippen molar-refractivity contribution in [2.75, 3.05) is 6.61 Å². The van der Waals surface area contributed by atoms with E-state index in [-0.39, 0.29) is 0 Å². The standard InChI is InChI=1S/C11H20O6/c1-2-3-4-5-11(16)7(6-12)17-10(15)8(13)9(11)14/h4-5,7-10,12-16H,2-3,6H2,1H3/t7-,8+,9-,10+,11-/m1/s1. The van der Waals surface area contributed by atoms with Gasteiger partial charge in [0.05, 0.1) is 6.61 Å². The summed E-state index contributed by atoms with van der Waals surface area (Å²) >= 11 is 0. The largest absolute Gasteiger partial charge is 0.394 e. The second-order valence-electron chi connectivity index (χ2n) is 4.21. The summed E-state index contributed by atoms with van der Waals surface area (Å²) in [5.41, 5.74) is -1.90. The molecule has 0 aromatic rings. The van der Waals surface area contributed by atoms with E-state index < -0.39 is 36.8 Å². The zero-order chi connectivity index (χ0) is 13.1. The maximum Gasteiger partial charge on any atom is 0.184 e. The van der Waals surface area contributed by atoms with Crippen LogP contribution in [0.4, 0.5) is 0 Å². The minimum absolute atomic E-state index is 0.576. The summed E-state index contributed by atoms with van der Waals surface area (Å²) in [4.78, 5) is 0. The molecule has 6 heteroatoms. The lowest BCUT2D eigenvalue weighted by Crippen LogP contribution is -2.66. The van der Waals surface area contributed by atoms with Crippen LogP contribution in [0.3, 0.4) is 0 Å². The Morgan fingerprint density at radius 2 is 1.94 bits per heavy atom. The van der Waals surface area contributed by atoms with Crippen molar-refractivity contribution in [2.24, 2.45) is 0 Å². The predicted molar refractivity (Wildman–Crippen MR) is 59.0 cm³/mol. The number of ether oxygens (including phenoxy) is 1. The molecular formula is C11H20O6. The Balaban J connectivity index is 2.90. The van der Waals surface area contributed by atoms with Crippen LogP contribution >= 0.6 is 0 Å². The molecule has 0 aromatic heterocycles. The SMILES string of the molecule is CCCC=C[C@]1(O)[C@H](O)[C@H](O)[C@@H](O)O[C@@H]1CO. The maximum absolute atomic E-state index is 10.2. The number of aliphatic hydroxyl groups excluding tert-OH is 4. The predicted octanol–water partition coefficient (Wildman–Crippen LogP) is -1.49. The number of unbranched alkanes of at least 4 members (excludes halogenated alkanes) is 1. The van der Waals surface area contributed by atoms with Gasteiger partial charge in [0.25, 0.3) is 0 Å². The van der Waals surface area contributed by atoms with Crippen molar-refractivity contribution in [3.05, 3.63) is 12.2 Å². The molecule has 0 aliphatic carbocycles. The first-order chi connectivity index (χ1) is 7.97. The van der Waals surface area contributed by atoms with E-state index in [4.69, 9.17) is 9.84 Å². The molecule has 1 heterocycles. The Kier molecular flexibility index (Phi) is 5.05. The van der Waals surface area contributed by atoms with E-state index in [1.807, 2.05) is 6.92 Å². The zero-order valence-electron chi connectivity index (χ0n) is 9.73. The van der Waals surface area contributed by atoms with Crippen molar-refractivity contribution < 1.29 is 30.3 Å². The molecule has 0 amide bonds. The molecule has 0 radical (unpaired) electrons. The summed E-state index contributed by atoms with van der Waals surface area (Å²) in [6, 6.07) is 0. The fraction of sp³-hybridized carbons (Fsp3) is 0.818. The van der Waals surface area contributed by atoms with Crippen LogP contribution in [0.1, 0.15) is 19.8 Å². The lowest BCUT2D eigenvalue weighted by Gasteiger charge is -2.45. The fourth-order valence-corrected chi connectivity index (χ4v) is 1.81. The molecule has 1 fully saturated rings. The van der Waals surface area contributed by atoms with Crippen LogP contribution in [0, 0.1) is 0 Å². The molecule has 0 spiro atoms. The van der Waals surface area contributed by atoms with Gasteiger partial charge >= 0.3 is 0 Å². The summed E-state index contributed by atoms with van der Waals surface area (Å²) in [6.45, 7) is 1.37. The van der Waals surface area contributed by atoms with E-state index in [0.29, 0.717) is 6.42 Å². The van der Waals surface area contributed by atoms with Crippen molar-refractivity contribution in [1.82, 2.24) is 0 Å². The van der Waals surface area contributed by atoms with Crippen LogP contribution in [0.15, 0.2) is 12.2 Å². The molecule has 1 saturated heterocycles. The number of hydrogen-bond acceptors (Lipinski definition) is 6. The van der Waals surface area contributed by atoms with E-state index in [2.05, 4.69) is 0 Å². The summed E-state index contributed by atoms with van der Waals surface area (Å²) in [5, 5.41) is 47.8. The second-order valence-corrected chi connectivity index (χ2v) is 4.21. The van der Waals surface area contributed by atoms with E-state index in [9.17, 15) is 20.4 Å². The molecule has 0 saturated carbocycles. The Labute approximate surface area is 99.8 Å². The Morgan fingerprint density at radius 3 is 2.47 bits per heavy atom. The highest BCUT2D eigenvalue weighted by Crippen LogP contribution is 2.30. The summed E-state index contributed by atoms with van der Waals surface area (Å²) in [5.74, 6) is 0. The first-order valence-electron chi connectivity index (χ1n) is 5.68. The first-order valence-corrected chi connectivity index (χ1v) is 5.68. The minimum atomic E-state index is -1.90. The molecule has 6 nitrogen and oxygen atoms in total. The summed E-state index contributed by atoms with van der Waals surface area (Å²) in [6.07, 6.45) is -1.54. The smallest absolute Gasteiger partial charge is 0.184 e. The third-order valence-electron chi connectivity index (χ3n) is 2.91. The fourth-order valence-electron chi connectivity index (χ4n) is 1.81. The molecule has 0 aromatic carbocycles. The third kappa shape index (κ3) is 2.85. The van der Waals surface area contributed by atoms with Crippen LogP contribution < -0.4 is 0 Å². The second kappa shape index (κ2) is 5.90.